The number of amides is 1. The predicted molar refractivity (Wildman–Crippen MR) is 51.1 cm³/mol. The molecule has 0 fully saturated rings. The van der Waals surface area contributed by atoms with Crippen molar-refractivity contribution in [2.75, 3.05) is 7.05 Å². The van der Waals surface area contributed by atoms with E-state index in [1.165, 1.54) is 31.3 Å². The molecule has 0 aliphatic carbocycles. The van der Waals surface area contributed by atoms with Gasteiger partial charge in [0.25, 0.3) is 5.69 Å². The van der Waals surface area contributed by atoms with Crippen molar-refractivity contribution in [1.82, 2.24) is 5.01 Å². The second-order valence-electron chi connectivity index (χ2n) is 2.73. The van der Waals surface area contributed by atoms with Crippen molar-refractivity contribution < 1.29 is 14.5 Å². The summed E-state index contributed by atoms with van der Waals surface area (Å²) in [4.78, 5) is 20.7. The molecule has 0 bridgehead atoms. The third-order valence-electron chi connectivity index (χ3n) is 1.54. The molecule has 1 rings (SSSR count). The molecule has 2 N–H and O–H groups in total. The SMILES string of the molecule is CN(N)C(=O)Oc1ccc([N+](=O)[O-])cc1. The Bertz CT molecular complexity index is 374. The van der Waals surface area contributed by atoms with E-state index < -0.39 is 11.0 Å². The van der Waals surface area contributed by atoms with Crippen LogP contribution >= 0.6 is 0 Å². The van der Waals surface area contributed by atoms with Gasteiger partial charge in [-0.2, -0.15) is 0 Å². The molecular formula is C8H9N3O4. The summed E-state index contributed by atoms with van der Waals surface area (Å²) in [6.07, 6.45) is -0.746. The number of benzene rings is 1. The maximum atomic E-state index is 11.0. The average molecular weight is 211 g/mol. The molecule has 1 amide bonds. The molecule has 0 saturated carbocycles. The highest BCUT2D eigenvalue weighted by molar-refractivity contribution is 5.69. The molecule has 0 spiro atoms. The van der Waals surface area contributed by atoms with Crippen molar-refractivity contribution in [1.29, 1.82) is 0 Å². The van der Waals surface area contributed by atoms with Crippen molar-refractivity contribution in [2.24, 2.45) is 5.84 Å². The molecule has 0 radical (unpaired) electrons. The molecule has 15 heavy (non-hydrogen) atoms. The number of rotatable bonds is 2. The van der Waals surface area contributed by atoms with E-state index in [1.54, 1.807) is 0 Å². The van der Waals surface area contributed by atoms with Gasteiger partial charge in [0, 0.05) is 19.2 Å². The Morgan fingerprint density at radius 2 is 2.00 bits per heavy atom. The fourth-order valence-electron chi connectivity index (χ4n) is 0.809. The van der Waals surface area contributed by atoms with E-state index in [0.717, 1.165) is 5.01 Å². The Balaban J connectivity index is 2.73. The molecule has 1 aromatic carbocycles. The third kappa shape index (κ3) is 2.92. The molecule has 0 heterocycles. The zero-order valence-corrected chi connectivity index (χ0v) is 7.91. The highest BCUT2D eigenvalue weighted by Crippen LogP contribution is 2.17. The smallest absolute Gasteiger partial charge is 0.409 e. The van der Waals surface area contributed by atoms with Crippen LogP contribution in [0.3, 0.4) is 0 Å². The number of nitrogens with zero attached hydrogens (tertiary/aromatic N) is 2. The van der Waals surface area contributed by atoms with Crippen molar-refractivity contribution in [3.05, 3.63) is 34.4 Å². The lowest BCUT2D eigenvalue weighted by Crippen LogP contribution is -2.35. The lowest BCUT2D eigenvalue weighted by atomic mass is 10.3. The van der Waals surface area contributed by atoms with Gasteiger partial charge in [0.1, 0.15) is 5.75 Å². The molecule has 1 aromatic rings. The molecular weight excluding hydrogens is 202 g/mol. The van der Waals surface area contributed by atoms with Crippen molar-refractivity contribution in [3.63, 3.8) is 0 Å². The zero-order chi connectivity index (χ0) is 11.4. The highest BCUT2D eigenvalue weighted by atomic mass is 16.6. The van der Waals surface area contributed by atoms with E-state index >= 15 is 0 Å². The van der Waals surface area contributed by atoms with Crippen LogP contribution < -0.4 is 10.6 Å². The molecule has 0 aliphatic rings. The molecule has 0 aromatic heterocycles. The van der Waals surface area contributed by atoms with Crippen molar-refractivity contribution in [2.45, 2.75) is 0 Å². The van der Waals surface area contributed by atoms with E-state index in [2.05, 4.69) is 0 Å². The first-order valence-corrected chi connectivity index (χ1v) is 3.95. The number of hydrogen-bond donors (Lipinski definition) is 1. The number of nitrogens with two attached hydrogens (primary N) is 1. The topological polar surface area (TPSA) is 98.7 Å². The Hall–Kier alpha value is -2.15. The first kappa shape index (κ1) is 10.9. The lowest BCUT2D eigenvalue weighted by Gasteiger charge is -2.09. The highest BCUT2D eigenvalue weighted by Gasteiger charge is 2.09. The zero-order valence-electron chi connectivity index (χ0n) is 7.91. The minimum Gasteiger partial charge on any atom is -0.409 e. The Kier molecular flexibility index (Phi) is 3.19. The van der Waals surface area contributed by atoms with Crippen LogP contribution in [0.15, 0.2) is 24.3 Å². The Morgan fingerprint density at radius 1 is 1.47 bits per heavy atom. The average Bonchev–Trinajstić information content (AvgIpc) is 2.18. The summed E-state index contributed by atoms with van der Waals surface area (Å²) >= 11 is 0. The first-order chi connectivity index (χ1) is 7.00. The summed E-state index contributed by atoms with van der Waals surface area (Å²) in [5, 5.41) is 11.1. The van der Waals surface area contributed by atoms with E-state index in [-0.39, 0.29) is 11.4 Å². The molecule has 0 saturated heterocycles. The fraction of sp³-hybridized carbons (Fsp3) is 0.125. The Labute approximate surface area is 85.2 Å². The molecule has 80 valence electrons. The number of carbonyl (C=O) groups excluding carboxylic acids is 1. The van der Waals surface area contributed by atoms with Gasteiger partial charge in [-0.05, 0) is 12.1 Å². The van der Waals surface area contributed by atoms with Crippen molar-refractivity contribution in [3.8, 4) is 5.75 Å². The first-order valence-electron chi connectivity index (χ1n) is 3.95. The van der Waals surface area contributed by atoms with Crippen LogP contribution in [0.25, 0.3) is 0 Å². The summed E-state index contributed by atoms with van der Waals surface area (Å²) < 4.78 is 4.75. The van der Waals surface area contributed by atoms with Crippen LogP contribution in [0, 0.1) is 10.1 Å². The quantitative estimate of drug-likeness (QED) is 0.339. The minimum absolute atomic E-state index is 0.0732. The number of ether oxygens (including phenoxy) is 1. The molecule has 7 nitrogen and oxygen atoms in total. The van der Waals surface area contributed by atoms with Gasteiger partial charge in [-0.25, -0.2) is 15.6 Å². The van der Waals surface area contributed by atoms with Crippen LogP contribution in [0.5, 0.6) is 5.75 Å². The maximum Gasteiger partial charge on any atom is 0.429 e. The number of hydrazine groups is 1. The molecule has 0 atom stereocenters. The third-order valence-corrected chi connectivity index (χ3v) is 1.54. The molecule has 0 unspecified atom stereocenters. The van der Waals surface area contributed by atoms with Gasteiger partial charge in [0.05, 0.1) is 4.92 Å². The van der Waals surface area contributed by atoms with Gasteiger partial charge in [-0.3, -0.25) is 10.1 Å². The van der Waals surface area contributed by atoms with Crippen LogP contribution in [0.1, 0.15) is 0 Å². The lowest BCUT2D eigenvalue weighted by molar-refractivity contribution is -0.384. The summed E-state index contributed by atoms with van der Waals surface area (Å²) in [5.41, 5.74) is -0.0732. The summed E-state index contributed by atoms with van der Waals surface area (Å²) in [5.74, 6) is 5.31. The van der Waals surface area contributed by atoms with Crippen LogP contribution in [-0.2, 0) is 0 Å². The number of hydrogen-bond acceptors (Lipinski definition) is 5. The number of carbonyl (C=O) groups is 1. The van der Waals surface area contributed by atoms with Gasteiger partial charge in [0.2, 0.25) is 0 Å². The van der Waals surface area contributed by atoms with Gasteiger partial charge < -0.3 is 4.74 Å². The molecule has 7 heteroatoms. The summed E-state index contributed by atoms with van der Waals surface area (Å²) in [6, 6.07) is 5.11. The number of non-ortho nitro benzene ring substituents is 1. The number of nitro groups is 1. The maximum absolute atomic E-state index is 11.0. The fourth-order valence-corrected chi connectivity index (χ4v) is 0.809. The van der Waals surface area contributed by atoms with Gasteiger partial charge in [-0.15, -0.1) is 0 Å². The normalized spacial score (nSPS) is 9.47. The van der Waals surface area contributed by atoms with Crippen LogP contribution in [0.2, 0.25) is 0 Å². The second-order valence-corrected chi connectivity index (χ2v) is 2.73. The van der Waals surface area contributed by atoms with Gasteiger partial charge in [0.15, 0.2) is 0 Å². The van der Waals surface area contributed by atoms with E-state index in [4.69, 9.17) is 10.6 Å². The van der Waals surface area contributed by atoms with E-state index in [1.807, 2.05) is 0 Å². The summed E-state index contributed by atoms with van der Waals surface area (Å²) in [7, 11) is 1.33. The Morgan fingerprint density at radius 3 is 2.40 bits per heavy atom. The van der Waals surface area contributed by atoms with E-state index in [9.17, 15) is 14.9 Å². The minimum atomic E-state index is -0.746. The van der Waals surface area contributed by atoms with E-state index in [0.29, 0.717) is 0 Å². The second kappa shape index (κ2) is 4.38. The largest absolute Gasteiger partial charge is 0.429 e. The monoisotopic (exact) mass is 211 g/mol. The molecule has 0 aliphatic heterocycles. The number of nitro benzene ring substituents is 1. The summed E-state index contributed by atoms with van der Waals surface area (Å²) in [6.45, 7) is 0. The van der Waals surface area contributed by atoms with Crippen LogP contribution in [0.4, 0.5) is 10.5 Å². The van der Waals surface area contributed by atoms with Gasteiger partial charge in [-0.1, -0.05) is 0 Å². The standard InChI is InChI=1S/C8H9N3O4/c1-10(9)8(12)15-7-4-2-6(3-5-7)11(13)14/h2-5H,9H2,1H3. The predicted octanol–water partition coefficient (Wildman–Crippen LogP) is 0.899. The van der Waals surface area contributed by atoms with Gasteiger partial charge >= 0.3 is 6.09 Å². The van der Waals surface area contributed by atoms with Crippen LogP contribution in [-0.4, -0.2) is 23.1 Å². The van der Waals surface area contributed by atoms with Crippen molar-refractivity contribution >= 4 is 11.8 Å².